The molecule has 6 nitrogen and oxygen atoms in total. The number of methoxy groups -OCH3 is 1. The molecule has 0 heterocycles. The lowest BCUT2D eigenvalue weighted by atomic mass is 10.2. The van der Waals surface area contributed by atoms with Crippen molar-refractivity contribution in [3.05, 3.63) is 58.1 Å². The van der Waals surface area contributed by atoms with E-state index in [0.717, 1.165) is 5.56 Å². The molecular weight excluding hydrogens is 427 g/mol. The summed E-state index contributed by atoms with van der Waals surface area (Å²) in [5.74, 6) is 0.519. The zero-order valence-corrected chi connectivity index (χ0v) is 18.6. The van der Waals surface area contributed by atoms with Crippen LogP contribution < -0.4 is 14.8 Å². The van der Waals surface area contributed by atoms with E-state index in [1.165, 1.54) is 11.0 Å². The summed E-state index contributed by atoms with van der Waals surface area (Å²) < 4.78 is 10.8. The van der Waals surface area contributed by atoms with Crippen LogP contribution in [-0.2, 0) is 9.59 Å². The van der Waals surface area contributed by atoms with Crippen molar-refractivity contribution in [1.29, 1.82) is 0 Å². The third-order valence-corrected chi connectivity index (χ3v) is 4.79. The van der Waals surface area contributed by atoms with Crippen molar-refractivity contribution in [3.8, 4) is 11.5 Å². The number of halogens is 2. The number of carbonyl (C=O) groups excluding carboxylic acids is 2. The minimum atomic E-state index is -0.392. The molecule has 0 saturated carbocycles. The van der Waals surface area contributed by atoms with Crippen molar-refractivity contribution >= 4 is 46.8 Å². The SMILES string of the molecule is CCOc1ccc(/C=C/C(=O)N(CC)CC(=O)Nc2c(Cl)cccc2Cl)cc1OC. The maximum Gasteiger partial charge on any atom is 0.247 e. The number of nitrogens with zero attached hydrogens (tertiary/aromatic N) is 1. The van der Waals surface area contributed by atoms with E-state index in [1.807, 2.05) is 13.0 Å². The minimum Gasteiger partial charge on any atom is -0.493 e. The number of ether oxygens (including phenoxy) is 2. The first kappa shape index (κ1) is 23.6. The number of nitrogens with one attached hydrogen (secondary N) is 1. The Bertz CT molecular complexity index is 911. The van der Waals surface area contributed by atoms with Crippen LogP contribution in [0, 0.1) is 0 Å². The van der Waals surface area contributed by atoms with Gasteiger partial charge in [0.05, 0.1) is 29.4 Å². The number of hydrogen-bond donors (Lipinski definition) is 1. The van der Waals surface area contributed by atoms with Crippen molar-refractivity contribution in [2.45, 2.75) is 13.8 Å². The molecule has 2 amide bonds. The molecule has 8 heteroatoms. The summed E-state index contributed by atoms with van der Waals surface area (Å²) in [5.41, 5.74) is 1.10. The summed E-state index contributed by atoms with van der Waals surface area (Å²) in [5, 5.41) is 3.31. The predicted octanol–water partition coefficient (Wildman–Crippen LogP) is 4.90. The van der Waals surface area contributed by atoms with Crippen LogP contribution in [0.5, 0.6) is 11.5 Å². The van der Waals surface area contributed by atoms with E-state index in [0.29, 0.717) is 40.4 Å². The van der Waals surface area contributed by atoms with Gasteiger partial charge in [0.25, 0.3) is 0 Å². The number of benzene rings is 2. The van der Waals surface area contributed by atoms with Gasteiger partial charge >= 0.3 is 0 Å². The van der Waals surface area contributed by atoms with Crippen molar-refractivity contribution in [2.75, 3.05) is 32.1 Å². The van der Waals surface area contributed by atoms with E-state index < -0.39 is 5.91 Å². The second-order valence-corrected chi connectivity index (χ2v) is 6.99. The van der Waals surface area contributed by atoms with Gasteiger partial charge in [0.15, 0.2) is 11.5 Å². The van der Waals surface area contributed by atoms with Crippen molar-refractivity contribution < 1.29 is 19.1 Å². The normalized spacial score (nSPS) is 10.7. The molecule has 0 unspecified atom stereocenters. The topological polar surface area (TPSA) is 67.9 Å². The van der Waals surface area contributed by atoms with Gasteiger partial charge in [-0.3, -0.25) is 9.59 Å². The van der Waals surface area contributed by atoms with Crippen LogP contribution in [0.25, 0.3) is 6.08 Å². The number of anilines is 1. The molecule has 1 N–H and O–H groups in total. The second-order valence-electron chi connectivity index (χ2n) is 6.17. The highest BCUT2D eigenvalue weighted by Gasteiger charge is 2.16. The zero-order chi connectivity index (χ0) is 22.1. The first-order valence-electron chi connectivity index (χ1n) is 9.41. The summed E-state index contributed by atoms with van der Waals surface area (Å²) in [4.78, 5) is 26.3. The standard InChI is InChI=1S/C22H24Cl2N2O4/c1-4-26(14-20(27)25-22-16(23)7-6-8-17(22)24)21(28)12-10-15-9-11-18(30-5-2)19(13-15)29-3/h6-13H,4-5,14H2,1-3H3,(H,25,27)/b12-10+. The Morgan fingerprint density at radius 3 is 2.40 bits per heavy atom. The number of likely N-dealkylation sites (N-methyl/N-ethyl adjacent to an activating group) is 1. The zero-order valence-electron chi connectivity index (χ0n) is 17.1. The smallest absolute Gasteiger partial charge is 0.247 e. The number of amides is 2. The largest absolute Gasteiger partial charge is 0.493 e. The minimum absolute atomic E-state index is 0.131. The van der Waals surface area contributed by atoms with E-state index >= 15 is 0 Å². The lowest BCUT2D eigenvalue weighted by Crippen LogP contribution is -2.37. The Morgan fingerprint density at radius 1 is 1.10 bits per heavy atom. The molecule has 0 fully saturated rings. The first-order valence-corrected chi connectivity index (χ1v) is 10.2. The maximum atomic E-state index is 12.5. The van der Waals surface area contributed by atoms with E-state index in [1.54, 1.807) is 50.4 Å². The summed E-state index contributed by atoms with van der Waals surface area (Å²) >= 11 is 12.1. The van der Waals surface area contributed by atoms with E-state index in [2.05, 4.69) is 5.32 Å². The predicted molar refractivity (Wildman–Crippen MR) is 121 cm³/mol. The van der Waals surface area contributed by atoms with E-state index in [-0.39, 0.29) is 12.5 Å². The molecule has 160 valence electrons. The van der Waals surface area contributed by atoms with Crippen LogP contribution in [-0.4, -0.2) is 43.5 Å². The molecule has 0 spiro atoms. The fourth-order valence-electron chi connectivity index (χ4n) is 2.65. The fraction of sp³-hybridized carbons (Fsp3) is 0.273. The summed E-state index contributed by atoms with van der Waals surface area (Å²) in [6.07, 6.45) is 3.07. The highest BCUT2D eigenvalue weighted by Crippen LogP contribution is 2.30. The third-order valence-electron chi connectivity index (χ3n) is 4.16. The van der Waals surface area contributed by atoms with Gasteiger partial charge in [-0.25, -0.2) is 0 Å². The molecule has 0 bridgehead atoms. The second kappa shape index (κ2) is 11.5. The molecule has 0 atom stereocenters. The highest BCUT2D eigenvalue weighted by molar-refractivity contribution is 6.39. The number of para-hydroxylation sites is 1. The lowest BCUT2D eigenvalue weighted by molar-refractivity contribution is -0.130. The molecule has 2 aromatic carbocycles. The van der Waals surface area contributed by atoms with Crippen molar-refractivity contribution in [3.63, 3.8) is 0 Å². The molecule has 30 heavy (non-hydrogen) atoms. The number of carbonyl (C=O) groups is 2. The van der Waals surface area contributed by atoms with Gasteiger partial charge in [0, 0.05) is 12.6 Å². The summed E-state index contributed by atoms with van der Waals surface area (Å²) in [6, 6.07) is 10.3. The van der Waals surface area contributed by atoms with Crippen LogP contribution >= 0.6 is 23.2 Å². The van der Waals surface area contributed by atoms with Crippen LogP contribution in [0.2, 0.25) is 10.0 Å². The number of hydrogen-bond acceptors (Lipinski definition) is 4. The van der Waals surface area contributed by atoms with Gasteiger partial charge in [-0.1, -0.05) is 35.3 Å². The van der Waals surface area contributed by atoms with Gasteiger partial charge in [-0.15, -0.1) is 0 Å². The Balaban J connectivity index is 2.04. The molecule has 0 radical (unpaired) electrons. The first-order chi connectivity index (χ1) is 14.4. The van der Waals surface area contributed by atoms with Gasteiger partial charge in [-0.05, 0) is 49.8 Å². The molecule has 2 rings (SSSR count). The molecule has 2 aromatic rings. The third kappa shape index (κ3) is 6.40. The molecular formula is C22H24Cl2N2O4. The number of rotatable bonds is 9. The monoisotopic (exact) mass is 450 g/mol. The Labute approximate surface area is 186 Å². The van der Waals surface area contributed by atoms with Gasteiger partial charge in [0.2, 0.25) is 11.8 Å². The van der Waals surface area contributed by atoms with Crippen LogP contribution in [0.1, 0.15) is 19.4 Å². The average molecular weight is 451 g/mol. The Morgan fingerprint density at radius 2 is 1.80 bits per heavy atom. The molecule has 0 aliphatic heterocycles. The Hall–Kier alpha value is -2.70. The van der Waals surface area contributed by atoms with Gasteiger partial charge < -0.3 is 19.7 Å². The van der Waals surface area contributed by atoms with Gasteiger partial charge in [0.1, 0.15) is 6.54 Å². The summed E-state index contributed by atoms with van der Waals surface area (Å²) in [6.45, 7) is 4.44. The lowest BCUT2D eigenvalue weighted by Gasteiger charge is -2.19. The maximum absolute atomic E-state index is 12.5. The van der Waals surface area contributed by atoms with Crippen LogP contribution in [0.4, 0.5) is 5.69 Å². The van der Waals surface area contributed by atoms with E-state index in [4.69, 9.17) is 32.7 Å². The molecule has 0 aliphatic rings. The molecule has 0 aromatic heterocycles. The highest BCUT2D eigenvalue weighted by atomic mass is 35.5. The van der Waals surface area contributed by atoms with Crippen molar-refractivity contribution in [2.24, 2.45) is 0 Å². The van der Waals surface area contributed by atoms with E-state index in [9.17, 15) is 9.59 Å². The summed E-state index contributed by atoms with van der Waals surface area (Å²) in [7, 11) is 1.55. The molecule has 0 aliphatic carbocycles. The average Bonchev–Trinajstić information content (AvgIpc) is 2.73. The Kier molecular flexibility index (Phi) is 9.02. The molecule has 0 saturated heterocycles. The quantitative estimate of drug-likeness (QED) is 0.551. The van der Waals surface area contributed by atoms with Crippen LogP contribution in [0.3, 0.4) is 0 Å². The van der Waals surface area contributed by atoms with Crippen molar-refractivity contribution in [1.82, 2.24) is 4.90 Å². The van der Waals surface area contributed by atoms with Gasteiger partial charge in [-0.2, -0.15) is 0 Å². The van der Waals surface area contributed by atoms with Crippen LogP contribution in [0.15, 0.2) is 42.5 Å². The fourth-order valence-corrected chi connectivity index (χ4v) is 3.14.